The zero-order chi connectivity index (χ0) is 21.0. The summed E-state index contributed by atoms with van der Waals surface area (Å²) in [4.78, 5) is 12.5. The number of amides is 2. The van der Waals surface area contributed by atoms with Gasteiger partial charge in [0.05, 0.1) is 25.2 Å². The van der Waals surface area contributed by atoms with Gasteiger partial charge in [0.25, 0.3) is 0 Å². The molecule has 0 aliphatic rings. The summed E-state index contributed by atoms with van der Waals surface area (Å²) < 4.78 is 5.78. The van der Waals surface area contributed by atoms with Gasteiger partial charge >= 0.3 is 6.03 Å². The highest BCUT2D eigenvalue weighted by atomic mass is 16.5. The number of hydrogen-bond donors (Lipinski definition) is 1. The lowest BCUT2D eigenvalue weighted by Gasteiger charge is -2.16. The fourth-order valence-corrected chi connectivity index (χ4v) is 2.60. The molecule has 0 fully saturated rings. The van der Waals surface area contributed by atoms with Gasteiger partial charge in [0.15, 0.2) is 0 Å². The molecule has 0 aliphatic heterocycles. The van der Waals surface area contributed by atoms with Crippen molar-refractivity contribution in [3.8, 4) is 11.8 Å². The number of nitriles is 1. The van der Waals surface area contributed by atoms with Crippen LogP contribution < -0.4 is 10.1 Å². The molecular formula is C24H22N4O2. The third-order valence-corrected chi connectivity index (χ3v) is 4.17. The first kappa shape index (κ1) is 20.6. The van der Waals surface area contributed by atoms with Crippen molar-refractivity contribution in [3.63, 3.8) is 0 Å². The van der Waals surface area contributed by atoms with E-state index in [1.54, 1.807) is 18.3 Å². The lowest BCUT2D eigenvalue weighted by molar-refractivity contribution is 0.215. The van der Waals surface area contributed by atoms with Crippen molar-refractivity contribution in [2.45, 2.75) is 13.0 Å². The second-order valence-electron chi connectivity index (χ2n) is 6.42. The molecule has 0 unspecified atom stereocenters. The van der Waals surface area contributed by atoms with Gasteiger partial charge in [-0.05, 0) is 47.5 Å². The number of benzene rings is 3. The molecule has 0 bridgehead atoms. The van der Waals surface area contributed by atoms with Crippen molar-refractivity contribution in [3.05, 3.63) is 96.1 Å². The topological polar surface area (TPSA) is 77.7 Å². The highest BCUT2D eigenvalue weighted by molar-refractivity contribution is 5.90. The maximum absolute atomic E-state index is 12.5. The average Bonchev–Trinajstić information content (AvgIpc) is 2.80. The Morgan fingerprint density at radius 3 is 2.33 bits per heavy atom. The molecule has 1 N–H and O–H groups in total. The van der Waals surface area contributed by atoms with E-state index in [1.807, 2.05) is 78.9 Å². The molecule has 0 atom stereocenters. The molecule has 0 aliphatic carbocycles. The third-order valence-electron chi connectivity index (χ3n) is 4.17. The molecule has 2 amide bonds. The molecule has 0 saturated carbocycles. The van der Waals surface area contributed by atoms with E-state index in [-0.39, 0.29) is 13.0 Å². The molecule has 30 heavy (non-hydrogen) atoms. The smallest absolute Gasteiger partial charge is 0.342 e. The zero-order valence-electron chi connectivity index (χ0n) is 16.4. The Bertz CT molecular complexity index is 997. The molecule has 6 nitrogen and oxygen atoms in total. The second kappa shape index (κ2) is 11.0. The molecule has 3 aromatic carbocycles. The molecule has 6 heteroatoms. The number of carbonyl (C=O) groups is 1. The Labute approximate surface area is 176 Å². The van der Waals surface area contributed by atoms with Crippen molar-refractivity contribution in [1.29, 1.82) is 5.26 Å². The van der Waals surface area contributed by atoms with Gasteiger partial charge in [0, 0.05) is 5.69 Å². The second-order valence-corrected chi connectivity index (χ2v) is 6.42. The van der Waals surface area contributed by atoms with Crippen LogP contribution in [0.1, 0.15) is 17.5 Å². The van der Waals surface area contributed by atoms with Crippen LogP contribution in [0.5, 0.6) is 5.75 Å². The lowest BCUT2D eigenvalue weighted by Crippen LogP contribution is -2.31. The van der Waals surface area contributed by atoms with E-state index in [0.29, 0.717) is 12.3 Å². The molecule has 0 saturated heterocycles. The van der Waals surface area contributed by atoms with Gasteiger partial charge < -0.3 is 10.1 Å². The lowest BCUT2D eigenvalue weighted by atomic mass is 10.2. The Morgan fingerprint density at radius 2 is 1.67 bits per heavy atom. The van der Waals surface area contributed by atoms with E-state index in [1.165, 1.54) is 5.01 Å². The maximum Gasteiger partial charge on any atom is 0.342 e. The number of para-hydroxylation sites is 1. The van der Waals surface area contributed by atoms with E-state index in [4.69, 9.17) is 10.00 Å². The zero-order valence-corrected chi connectivity index (χ0v) is 16.4. The molecule has 0 spiro atoms. The fraction of sp³-hybridized carbons (Fsp3) is 0.125. The number of urea groups is 1. The van der Waals surface area contributed by atoms with E-state index in [2.05, 4.69) is 10.4 Å². The molecule has 150 valence electrons. The van der Waals surface area contributed by atoms with Crippen LogP contribution >= 0.6 is 0 Å². The van der Waals surface area contributed by atoms with Gasteiger partial charge in [0.1, 0.15) is 12.4 Å². The Kier molecular flexibility index (Phi) is 7.58. The summed E-state index contributed by atoms with van der Waals surface area (Å²) in [6, 6.07) is 28.1. The third kappa shape index (κ3) is 6.50. The summed E-state index contributed by atoms with van der Waals surface area (Å²) in [5.74, 6) is 0.749. The van der Waals surface area contributed by atoms with Gasteiger partial charge in [-0.2, -0.15) is 10.4 Å². The van der Waals surface area contributed by atoms with Crippen LogP contribution in [-0.2, 0) is 6.61 Å². The molecular weight excluding hydrogens is 376 g/mol. The minimum Gasteiger partial charge on any atom is -0.489 e. The molecule has 0 heterocycles. The van der Waals surface area contributed by atoms with Crippen LogP contribution in [0.15, 0.2) is 90.0 Å². The first-order chi connectivity index (χ1) is 14.7. The van der Waals surface area contributed by atoms with Crippen LogP contribution in [0.4, 0.5) is 10.5 Å². The van der Waals surface area contributed by atoms with Crippen LogP contribution in [0.2, 0.25) is 0 Å². The van der Waals surface area contributed by atoms with E-state index in [9.17, 15) is 4.79 Å². The summed E-state index contributed by atoms with van der Waals surface area (Å²) in [5, 5.41) is 17.1. The van der Waals surface area contributed by atoms with Crippen molar-refractivity contribution in [2.75, 3.05) is 11.9 Å². The number of carbonyl (C=O) groups excluding carboxylic acids is 1. The standard InChI is InChI=1S/C24H22N4O2/c25-16-7-17-28(24(29)27-22-10-5-2-6-11-22)26-18-20-12-14-23(15-13-20)30-19-21-8-3-1-4-9-21/h1-6,8-15,18H,7,17,19H2,(H,27,29)/b26-18+. The van der Waals surface area contributed by atoms with E-state index < -0.39 is 6.03 Å². The number of anilines is 1. The molecule has 3 aromatic rings. The number of rotatable bonds is 8. The summed E-state index contributed by atoms with van der Waals surface area (Å²) >= 11 is 0. The molecule has 0 aromatic heterocycles. The first-order valence-electron chi connectivity index (χ1n) is 9.56. The number of nitrogens with zero attached hydrogens (tertiary/aromatic N) is 3. The Balaban J connectivity index is 1.60. The van der Waals surface area contributed by atoms with Gasteiger partial charge in [-0.1, -0.05) is 48.5 Å². The Morgan fingerprint density at radius 1 is 1.00 bits per heavy atom. The van der Waals surface area contributed by atoms with Gasteiger partial charge in [-0.25, -0.2) is 9.80 Å². The highest BCUT2D eigenvalue weighted by Gasteiger charge is 2.12. The maximum atomic E-state index is 12.5. The minimum atomic E-state index is -0.393. The van der Waals surface area contributed by atoms with Crippen LogP contribution in [0, 0.1) is 11.3 Å². The largest absolute Gasteiger partial charge is 0.489 e. The predicted molar refractivity (Wildman–Crippen MR) is 117 cm³/mol. The predicted octanol–water partition coefficient (Wildman–Crippen LogP) is 5.05. The Hall–Kier alpha value is -4.11. The van der Waals surface area contributed by atoms with Gasteiger partial charge in [-0.3, -0.25) is 0 Å². The quantitative estimate of drug-likeness (QED) is 0.426. The highest BCUT2D eigenvalue weighted by Crippen LogP contribution is 2.14. The summed E-state index contributed by atoms with van der Waals surface area (Å²) in [5.41, 5.74) is 2.58. The van der Waals surface area contributed by atoms with Gasteiger partial charge in [-0.15, -0.1) is 0 Å². The molecule has 0 radical (unpaired) electrons. The van der Waals surface area contributed by atoms with Crippen molar-refractivity contribution >= 4 is 17.9 Å². The van der Waals surface area contributed by atoms with Crippen LogP contribution in [-0.4, -0.2) is 23.8 Å². The fourth-order valence-electron chi connectivity index (χ4n) is 2.60. The first-order valence-corrected chi connectivity index (χ1v) is 9.56. The van der Waals surface area contributed by atoms with E-state index >= 15 is 0 Å². The average molecular weight is 398 g/mol. The molecule has 3 rings (SSSR count). The summed E-state index contributed by atoms with van der Waals surface area (Å²) in [7, 11) is 0. The van der Waals surface area contributed by atoms with Crippen LogP contribution in [0.3, 0.4) is 0 Å². The van der Waals surface area contributed by atoms with Crippen LogP contribution in [0.25, 0.3) is 0 Å². The summed E-state index contributed by atoms with van der Waals surface area (Å²) in [6.45, 7) is 0.694. The number of ether oxygens (including phenoxy) is 1. The number of hydrazone groups is 1. The van der Waals surface area contributed by atoms with Crippen molar-refractivity contribution < 1.29 is 9.53 Å². The minimum absolute atomic E-state index is 0.186. The van der Waals surface area contributed by atoms with Crippen molar-refractivity contribution in [1.82, 2.24) is 5.01 Å². The van der Waals surface area contributed by atoms with Crippen molar-refractivity contribution in [2.24, 2.45) is 5.10 Å². The number of nitrogens with one attached hydrogen (secondary N) is 1. The van der Waals surface area contributed by atoms with E-state index in [0.717, 1.165) is 16.9 Å². The number of hydrogen-bond acceptors (Lipinski definition) is 4. The summed E-state index contributed by atoms with van der Waals surface area (Å²) in [6.07, 6.45) is 1.77. The SMILES string of the molecule is N#CCCN(/N=C/c1ccc(OCc2ccccc2)cc1)C(=O)Nc1ccccc1. The normalized spacial score (nSPS) is 10.4. The monoisotopic (exact) mass is 398 g/mol. The van der Waals surface area contributed by atoms with Gasteiger partial charge in [0.2, 0.25) is 0 Å².